The molecule has 19 heavy (non-hydrogen) atoms. The predicted octanol–water partition coefficient (Wildman–Crippen LogP) is 2.68. The molecule has 1 aliphatic heterocycles. The van der Waals surface area contributed by atoms with Crippen molar-refractivity contribution in [3.63, 3.8) is 0 Å². The third kappa shape index (κ3) is 2.80. The summed E-state index contributed by atoms with van der Waals surface area (Å²) in [5, 5.41) is 9.33. The molecule has 3 heteroatoms. The van der Waals surface area contributed by atoms with Gasteiger partial charge < -0.3 is 5.73 Å². The van der Waals surface area contributed by atoms with E-state index in [-0.39, 0.29) is 6.04 Å². The quantitative estimate of drug-likeness (QED) is 0.905. The summed E-state index contributed by atoms with van der Waals surface area (Å²) in [6, 6.07) is 11.1. The first-order valence-corrected chi connectivity index (χ1v) is 7.14. The second-order valence-electron chi connectivity index (χ2n) is 5.61. The summed E-state index contributed by atoms with van der Waals surface area (Å²) in [5.74, 6) is 0.450. The van der Waals surface area contributed by atoms with Gasteiger partial charge in [-0.2, -0.15) is 5.26 Å². The molecule has 0 saturated carbocycles. The molecule has 1 aromatic carbocycles. The van der Waals surface area contributed by atoms with E-state index in [0.29, 0.717) is 18.5 Å². The average Bonchev–Trinajstić information content (AvgIpc) is 2.46. The summed E-state index contributed by atoms with van der Waals surface area (Å²) in [6.07, 6.45) is 2.36. The Morgan fingerprint density at radius 3 is 2.79 bits per heavy atom. The molecular weight excluding hydrogens is 234 g/mol. The van der Waals surface area contributed by atoms with Crippen molar-refractivity contribution in [1.82, 2.24) is 4.90 Å². The van der Waals surface area contributed by atoms with Gasteiger partial charge in [0.25, 0.3) is 0 Å². The molecule has 2 N–H and O–H groups in total. The number of benzene rings is 1. The standard InChI is InChI=1S/C16H23N3/c1-12(2)19-9-5-7-14(11-18)16(19)15-8-4-3-6-13(15)10-17/h3-4,6,8,12,14,16H,5,7,9,11,18H2,1-2H3. The Morgan fingerprint density at radius 2 is 2.16 bits per heavy atom. The number of hydrogen-bond donors (Lipinski definition) is 1. The second-order valence-corrected chi connectivity index (χ2v) is 5.61. The van der Waals surface area contributed by atoms with E-state index in [9.17, 15) is 5.26 Å². The molecule has 0 aromatic heterocycles. The zero-order valence-electron chi connectivity index (χ0n) is 11.8. The topological polar surface area (TPSA) is 53.0 Å². The molecule has 0 radical (unpaired) electrons. The van der Waals surface area contributed by atoms with Crippen molar-refractivity contribution in [3.05, 3.63) is 35.4 Å². The van der Waals surface area contributed by atoms with Crippen molar-refractivity contribution in [1.29, 1.82) is 5.26 Å². The van der Waals surface area contributed by atoms with Gasteiger partial charge in [-0.05, 0) is 57.3 Å². The van der Waals surface area contributed by atoms with Crippen molar-refractivity contribution < 1.29 is 0 Å². The second kappa shape index (κ2) is 6.18. The highest BCUT2D eigenvalue weighted by atomic mass is 15.2. The van der Waals surface area contributed by atoms with Crippen LogP contribution in [0.4, 0.5) is 0 Å². The van der Waals surface area contributed by atoms with Crippen LogP contribution in [0.25, 0.3) is 0 Å². The monoisotopic (exact) mass is 257 g/mol. The Bertz CT molecular complexity index is 461. The molecule has 2 atom stereocenters. The van der Waals surface area contributed by atoms with Crippen molar-refractivity contribution in [3.8, 4) is 6.07 Å². The number of likely N-dealkylation sites (tertiary alicyclic amines) is 1. The van der Waals surface area contributed by atoms with E-state index in [0.717, 1.165) is 24.1 Å². The Morgan fingerprint density at radius 1 is 1.42 bits per heavy atom. The van der Waals surface area contributed by atoms with E-state index in [4.69, 9.17) is 5.73 Å². The number of hydrogen-bond acceptors (Lipinski definition) is 3. The van der Waals surface area contributed by atoms with E-state index in [1.165, 1.54) is 6.42 Å². The Hall–Kier alpha value is -1.37. The third-order valence-electron chi connectivity index (χ3n) is 4.16. The van der Waals surface area contributed by atoms with Gasteiger partial charge in [-0.15, -0.1) is 0 Å². The summed E-state index contributed by atoms with van der Waals surface area (Å²) >= 11 is 0. The Kier molecular flexibility index (Phi) is 4.57. The highest BCUT2D eigenvalue weighted by Crippen LogP contribution is 2.38. The van der Waals surface area contributed by atoms with Crippen LogP contribution in [-0.4, -0.2) is 24.0 Å². The van der Waals surface area contributed by atoms with E-state index >= 15 is 0 Å². The molecule has 1 heterocycles. The Labute approximate surface area is 116 Å². The van der Waals surface area contributed by atoms with Crippen molar-refractivity contribution >= 4 is 0 Å². The minimum absolute atomic E-state index is 0.287. The third-order valence-corrected chi connectivity index (χ3v) is 4.16. The average molecular weight is 257 g/mol. The lowest BCUT2D eigenvalue weighted by Gasteiger charge is -2.44. The summed E-state index contributed by atoms with van der Waals surface area (Å²) in [5.41, 5.74) is 7.91. The molecule has 0 amide bonds. The highest BCUT2D eigenvalue weighted by Gasteiger charge is 2.34. The molecule has 1 aliphatic rings. The lowest BCUT2D eigenvalue weighted by Crippen LogP contribution is -2.45. The van der Waals surface area contributed by atoms with E-state index in [1.807, 2.05) is 18.2 Å². The molecule has 1 saturated heterocycles. The van der Waals surface area contributed by atoms with Crippen molar-refractivity contribution in [2.75, 3.05) is 13.1 Å². The van der Waals surface area contributed by atoms with Crippen LogP contribution in [-0.2, 0) is 0 Å². The maximum absolute atomic E-state index is 9.33. The van der Waals surface area contributed by atoms with Crippen molar-refractivity contribution in [2.45, 2.75) is 38.8 Å². The molecule has 1 aromatic rings. The van der Waals surface area contributed by atoms with Gasteiger partial charge in [-0.25, -0.2) is 0 Å². The number of nitriles is 1. The van der Waals surface area contributed by atoms with E-state index in [2.05, 4.69) is 30.9 Å². The fraction of sp³-hybridized carbons (Fsp3) is 0.562. The SMILES string of the molecule is CC(C)N1CCCC(CN)C1c1ccccc1C#N. The summed E-state index contributed by atoms with van der Waals surface area (Å²) in [7, 11) is 0. The maximum atomic E-state index is 9.33. The van der Waals surface area contributed by atoms with Crippen LogP contribution < -0.4 is 5.73 Å². The normalized spacial score (nSPS) is 24.4. The van der Waals surface area contributed by atoms with Crippen LogP contribution in [0.5, 0.6) is 0 Å². The number of nitrogens with two attached hydrogens (primary N) is 1. The van der Waals surface area contributed by atoms with Gasteiger partial charge in [0.1, 0.15) is 0 Å². The van der Waals surface area contributed by atoms with Crippen LogP contribution >= 0.6 is 0 Å². The van der Waals surface area contributed by atoms with Gasteiger partial charge in [0.15, 0.2) is 0 Å². The summed E-state index contributed by atoms with van der Waals surface area (Å²) in [4.78, 5) is 2.50. The van der Waals surface area contributed by atoms with Crippen LogP contribution in [0.3, 0.4) is 0 Å². The number of rotatable bonds is 3. The fourth-order valence-corrected chi connectivity index (χ4v) is 3.22. The van der Waals surface area contributed by atoms with Gasteiger partial charge in [0, 0.05) is 12.1 Å². The molecule has 3 nitrogen and oxygen atoms in total. The van der Waals surface area contributed by atoms with Gasteiger partial charge >= 0.3 is 0 Å². The summed E-state index contributed by atoms with van der Waals surface area (Å²) < 4.78 is 0. The molecule has 2 rings (SSSR count). The lowest BCUT2D eigenvalue weighted by atomic mass is 9.82. The fourth-order valence-electron chi connectivity index (χ4n) is 3.22. The Balaban J connectivity index is 2.43. The van der Waals surface area contributed by atoms with Gasteiger partial charge in [-0.1, -0.05) is 18.2 Å². The molecule has 0 spiro atoms. The van der Waals surface area contributed by atoms with Gasteiger partial charge in [0.2, 0.25) is 0 Å². The first kappa shape index (κ1) is 14.0. The molecule has 1 fully saturated rings. The zero-order valence-corrected chi connectivity index (χ0v) is 11.8. The van der Waals surface area contributed by atoms with Crippen molar-refractivity contribution in [2.24, 2.45) is 11.7 Å². The van der Waals surface area contributed by atoms with E-state index in [1.54, 1.807) is 0 Å². The van der Waals surface area contributed by atoms with Crippen LogP contribution in [0.2, 0.25) is 0 Å². The van der Waals surface area contributed by atoms with Gasteiger partial charge in [0.05, 0.1) is 11.6 Å². The van der Waals surface area contributed by atoms with Gasteiger partial charge in [-0.3, -0.25) is 4.90 Å². The molecule has 0 aliphatic carbocycles. The lowest BCUT2D eigenvalue weighted by molar-refractivity contribution is 0.0664. The number of nitrogens with zero attached hydrogens (tertiary/aromatic N) is 2. The molecule has 102 valence electrons. The maximum Gasteiger partial charge on any atom is 0.0995 e. The molecule has 0 bridgehead atoms. The first-order chi connectivity index (χ1) is 9.19. The number of piperidine rings is 1. The molecular formula is C16H23N3. The van der Waals surface area contributed by atoms with Crippen LogP contribution in [0.15, 0.2) is 24.3 Å². The largest absolute Gasteiger partial charge is 0.330 e. The smallest absolute Gasteiger partial charge is 0.0995 e. The first-order valence-electron chi connectivity index (χ1n) is 7.14. The summed E-state index contributed by atoms with van der Waals surface area (Å²) in [6.45, 7) is 6.23. The van der Waals surface area contributed by atoms with E-state index < -0.39 is 0 Å². The predicted molar refractivity (Wildman–Crippen MR) is 77.5 cm³/mol. The zero-order chi connectivity index (χ0) is 13.8. The minimum atomic E-state index is 0.287. The minimum Gasteiger partial charge on any atom is -0.330 e. The van der Waals surface area contributed by atoms with Crippen LogP contribution in [0.1, 0.15) is 43.9 Å². The molecule has 2 unspecified atom stereocenters. The van der Waals surface area contributed by atoms with Crippen LogP contribution in [0, 0.1) is 17.2 Å². The highest BCUT2D eigenvalue weighted by molar-refractivity contribution is 5.40.